The minimum absolute atomic E-state index is 0.140. The molecular formula is C40H60N2O4. The van der Waals surface area contributed by atoms with Crippen molar-refractivity contribution in [3.8, 4) is 0 Å². The van der Waals surface area contributed by atoms with Gasteiger partial charge < -0.3 is 20.9 Å². The number of carbonyl (C=O) groups excluding carboxylic acids is 2. The smallest absolute Gasteiger partial charge is 0.249 e. The molecule has 0 aliphatic heterocycles. The van der Waals surface area contributed by atoms with Crippen LogP contribution in [0.25, 0.3) is 0 Å². The van der Waals surface area contributed by atoms with Crippen molar-refractivity contribution in [2.24, 2.45) is 23.3 Å². The lowest BCUT2D eigenvalue weighted by atomic mass is 9.77. The molecular weight excluding hydrogens is 572 g/mol. The molecule has 6 heteroatoms. The van der Waals surface area contributed by atoms with E-state index in [9.17, 15) is 9.59 Å². The van der Waals surface area contributed by atoms with E-state index in [-0.39, 0.29) is 13.2 Å². The van der Waals surface area contributed by atoms with Crippen molar-refractivity contribution in [2.75, 3.05) is 0 Å². The standard InChI is InChI=1S/C40H60N2O4/c1-3-5-7-9-29-11-19-33(20-12-29)35-23-15-31(16-24-35)27-45-37(39(41)43)38(40(42)44)46-28-32-17-25-36(26-18-32)34-21-13-30(14-22-34)10-8-6-4-2/h15-18,23-26,29-30,33-34,37-38H,3-14,19-22,27-28H2,1-2H3,(H2,41,43)(H2,42,44)/t29-,30-,33-,34-,37-,38-/m1/s1. The number of benzene rings is 2. The van der Waals surface area contributed by atoms with Crippen LogP contribution in [0, 0.1) is 11.8 Å². The molecule has 2 aromatic carbocycles. The molecule has 0 radical (unpaired) electrons. The van der Waals surface area contributed by atoms with Gasteiger partial charge in [-0.15, -0.1) is 0 Å². The minimum atomic E-state index is -1.27. The van der Waals surface area contributed by atoms with Gasteiger partial charge in [-0.3, -0.25) is 9.59 Å². The lowest BCUT2D eigenvalue weighted by Gasteiger charge is -2.29. The summed E-state index contributed by atoms with van der Waals surface area (Å²) in [6, 6.07) is 16.9. The molecule has 0 aromatic heterocycles. The van der Waals surface area contributed by atoms with Gasteiger partial charge in [0.1, 0.15) is 0 Å². The molecule has 0 saturated heterocycles. The Labute approximate surface area is 278 Å². The molecule has 2 aliphatic carbocycles. The second-order valence-corrected chi connectivity index (χ2v) is 14.2. The van der Waals surface area contributed by atoms with Crippen molar-refractivity contribution in [3.05, 3.63) is 70.8 Å². The van der Waals surface area contributed by atoms with E-state index in [1.54, 1.807) is 0 Å². The van der Waals surface area contributed by atoms with Gasteiger partial charge in [-0.2, -0.15) is 0 Å². The molecule has 4 rings (SSSR count). The summed E-state index contributed by atoms with van der Waals surface area (Å²) in [6.45, 7) is 4.81. The normalized spacial score (nSPS) is 23.1. The SMILES string of the molecule is CCCCC[C@H]1CC[C@H](c2ccc(CO[C@@H](C(N)=O)[C@@H](OCc3ccc([C@H]4CC[C@H](CCCCC)CC4)cc3)C(N)=O)cc2)CC1. The fourth-order valence-electron chi connectivity index (χ4n) is 7.72. The fraction of sp³-hybridized carbons (Fsp3) is 0.650. The van der Waals surface area contributed by atoms with Crippen LogP contribution in [-0.2, 0) is 32.3 Å². The Morgan fingerprint density at radius 3 is 1.24 bits per heavy atom. The summed E-state index contributed by atoms with van der Waals surface area (Å²) in [7, 11) is 0. The highest BCUT2D eigenvalue weighted by Crippen LogP contribution is 2.39. The van der Waals surface area contributed by atoms with Crippen LogP contribution in [0.4, 0.5) is 0 Å². The summed E-state index contributed by atoms with van der Waals surface area (Å²) in [4.78, 5) is 24.7. The van der Waals surface area contributed by atoms with E-state index >= 15 is 0 Å². The quantitative estimate of drug-likeness (QED) is 0.151. The number of unbranched alkanes of at least 4 members (excludes halogenated alkanes) is 4. The van der Waals surface area contributed by atoms with E-state index in [0.29, 0.717) is 11.8 Å². The van der Waals surface area contributed by atoms with Crippen LogP contribution >= 0.6 is 0 Å². The van der Waals surface area contributed by atoms with Crippen LogP contribution in [0.5, 0.6) is 0 Å². The van der Waals surface area contributed by atoms with Crippen molar-refractivity contribution in [3.63, 3.8) is 0 Å². The van der Waals surface area contributed by atoms with E-state index in [0.717, 1.165) is 23.0 Å². The lowest BCUT2D eigenvalue weighted by Crippen LogP contribution is -2.49. The molecule has 2 fully saturated rings. The van der Waals surface area contributed by atoms with Crippen molar-refractivity contribution in [1.82, 2.24) is 0 Å². The number of carbonyl (C=O) groups is 2. The van der Waals surface area contributed by atoms with Gasteiger partial charge in [0.25, 0.3) is 0 Å². The topological polar surface area (TPSA) is 105 Å². The summed E-state index contributed by atoms with van der Waals surface area (Å²) in [5.74, 6) is 1.44. The number of amides is 2. The van der Waals surface area contributed by atoms with E-state index < -0.39 is 24.0 Å². The zero-order valence-corrected chi connectivity index (χ0v) is 28.6. The van der Waals surface area contributed by atoms with Crippen LogP contribution in [0.2, 0.25) is 0 Å². The first-order valence-electron chi connectivity index (χ1n) is 18.4. The van der Waals surface area contributed by atoms with Crippen molar-refractivity contribution >= 4 is 11.8 Å². The molecule has 2 aliphatic rings. The summed E-state index contributed by atoms with van der Waals surface area (Å²) in [5.41, 5.74) is 15.9. The summed E-state index contributed by atoms with van der Waals surface area (Å²) >= 11 is 0. The van der Waals surface area contributed by atoms with Crippen molar-refractivity contribution in [2.45, 2.75) is 154 Å². The third-order valence-electron chi connectivity index (χ3n) is 10.7. The number of ether oxygens (including phenoxy) is 2. The third-order valence-corrected chi connectivity index (χ3v) is 10.7. The molecule has 6 nitrogen and oxygen atoms in total. The fourth-order valence-corrected chi connectivity index (χ4v) is 7.72. The van der Waals surface area contributed by atoms with Gasteiger partial charge in [0.05, 0.1) is 13.2 Å². The Morgan fingerprint density at radius 2 is 0.935 bits per heavy atom. The highest BCUT2D eigenvalue weighted by Gasteiger charge is 2.33. The Balaban J connectivity index is 1.24. The average Bonchev–Trinajstić information content (AvgIpc) is 3.07. The molecule has 0 spiro atoms. The summed E-state index contributed by atoms with van der Waals surface area (Å²) in [6.07, 6.45) is 18.5. The molecule has 0 bridgehead atoms. The maximum atomic E-state index is 12.4. The van der Waals surface area contributed by atoms with Gasteiger partial charge in [-0.1, -0.05) is 114 Å². The predicted molar refractivity (Wildman–Crippen MR) is 186 cm³/mol. The highest BCUT2D eigenvalue weighted by atomic mass is 16.5. The van der Waals surface area contributed by atoms with Gasteiger partial charge in [-0.05, 0) is 97.3 Å². The van der Waals surface area contributed by atoms with Gasteiger partial charge in [0, 0.05) is 0 Å². The maximum Gasteiger partial charge on any atom is 0.249 e. The maximum absolute atomic E-state index is 12.4. The molecule has 4 N–H and O–H groups in total. The highest BCUT2D eigenvalue weighted by molar-refractivity contribution is 5.89. The van der Waals surface area contributed by atoms with Gasteiger partial charge >= 0.3 is 0 Å². The largest absolute Gasteiger partial charge is 0.367 e. The second-order valence-electron chi connectivity index (χ2n) is 14.2. The molecule has 2 atom stereocenters. The average molecular weight is 633 g/mol. The zero-order valence-electron chi connectivity index (χ0n) is 28.6. The Kier molecular flexibility index (Phi) is 15.1. The number of rotatable bonds is 19. The molecule has 2 amide bonds. The van der Waals surface area contributed by atoms with Crippen LogP contribution in [0.15, 0.2) is 48.5 Å². The van der Waals surface area contributed by atoms with E-state index in [1.807, 2.05) is 24.3 Å². The first kappa shape index (κ1) is 36.1. The first-order chi connectivity index (χ1) is 22.4. The summed E-state index contributed by atoms with van der Waals surface area (Å²) in [5, 5.41) is 0. The molecule has 46 heavy (non-hydrogen) atoms. The van der Waals surface area contributed by atoms with Gasteiger partial charge in [0.15, 0.2) is 12.2 Å². The predicted octanol–water partition coefficient (Wildman–Crippen LogP) is 8.84. The number of nitrogens with two attached hydrogens (primary N) is 2. The monoisotopic (exact) mass is 632 g/mol. The van der Waals surface area contributed by atoms with Crippen molar-refractivity contribution < 1.29 is 19.1 Å². The lowest BCUT2D eigenvalue weighted by molar-refractivity contribution is -0.155. The van der Waals surface area contributed by atoms with Crippen LogP contribution in [0.3, 0.4) is 0 Å². The molecule has 0 heterocycles. The summed E-state index contributed by atoms with van der Waals surface area (Å²) < 4.78 is 11.8. The van der Waals surface area contributed by atoms with E-state index in [1.165, 1.54) is 114 Å². The molecule has 2 aromatic rings. The van der Waals surface area contributed by atoms with Gasteiger partial charge in [-0.25, -0.2) is 0 Å². The Morgan fingerprint density at radius 1 is 0.587 bits per heavy atom. The third kappa shape index (κ3) is 11.2. The van der Waals surface area contributed by atoms with Crippen molar-refractivity contribution in [1.29, 1.82) is 0 Å². The second kappa shape index (κ2) is 19.2. The van der Waals surface area contributed by atoms with E-state index in [2.05, 4.69) is 38.1 Å². The Hall–Kier alpha value is -2.70. The number of primary amides is 2. The van der Waals surface area contributed by atoms with Crippen LogP contribution in [-0.4, -0.2) is 24.0 Å². The first-order valence-corrected chi connectivity index (χ1v) is 18.4. The number of hydrogen-bond donors (Lipinski definition) is 2. The molecule has 254 valence electrons. The van der Waals surface area contributed by atoms with Crippen LogP contribution in [0.1, 0.15) is 151 Å². The molecule has 2 saturated carbocycles. The minimum Gasteiger partial charge on any atom is -0.367 e. The molecule has 0 unspecified atom stereocenters. The number of hydrogen-bond acceptors (Lipinski definition) is 4. The zero-order chi connectivity index (χ0) is 32.7. The van der Waals surface area contributed by atoms with Crippen LogP contribution < -0.4 is 11.5 Å². The Bertz CT molecular complexity index is 1070. The van der Waals surface area contributed by atoms with E-state index in [4.69, 9.17) is 20.9 Å². The van der Waals surface area contributed by atoms with Gasteiger partial charge in [0.2, 0.25) is 11.8 Å².